The first kappa shape index (κ1) is 14.4. The summed E-state index contributed by atoms with van der Waals surface area (Å²) in [6.45, 7) is 1.41. The molecular formula is C17H18ClNO2. The first-order valence-corrected chi connectivity index (χ1v) is 7.31. The fourth-order valence-electron chi connectivity index (χ4n) is 2.76. The number of methoxy groups -OCH3 is 1. The van der Waals surface area contributed by atoms with Crippen LogP contribution < -0.4 is 10.1 Å². The number of halogens is 1. The molecule has 1 heterocycles. The van der Waals surface area contributed by atoms with Gasteiger partial charge in [0.15, 0.2) is 0 Å². The van der Waals surface area contributed by atoms with E-state index in [0.717, 1.165) is 5.56 Å². The summed E-state index contributed by atoms with van der Waals surface area (Å²) < 4.78 is 10.7. The molecule has 0 spiro atoms. The molecule has 0 saturated carbocycles. The summed E-state index contributed by atoms with van der Waals surface area (Å²) >= 11 is 6.24. The van der Waals surface area contributed by atoms with Crippen LogP contribution >= 0.6 is 11.6 Å². The van der Waals surface area contributed by atoms with Crippen LogP contribution in [0.4, 0.5) is 0 Å². The molecule has 0 radical (unpaired) electrons. The average Bonchev–Trinajstić information content (AvgIpc) is 2.96. The Morgan fingerprint density at radius 1 is 1.10 bits per heavy atom. The van der Waals surface area contributed by atoms with Crippen molar-refractivity contribution in [2.45, 2.75) is 19.3 Å². The molecule has 4 heteroatoms. The van der Waals surface area contributed by atoms with Crippen molar-refractivity contribution in [3.8, 4) is 5.75 Å². The highest BCUT2D eigenvalue weighted by atomic mass is 35.5. The topological polar surface area (TPSA) is 30.5 Å². The van der Waals surface area contributed by atoms with Crippen LogP contribution in [0.1, 0.15) is 28.3 Å². The van der Waals surface area contributed by atoms with Crippen LogP contribution in [-0.4, -0.2) is 14.2 Å². The molecule has 21 heavy (non-hydrogen) atoms. The van der Waals surface area contributed by atoms with Crippen molar-refractivity contribution in [2.24, 2.45) is 0 Å². The third-order valence-corrected chi connectivity index (χ3v) is 4.17. The zero-order valence-corrected chi connectivity index (χ0v) is 12.9. The van der Waals surface area contributed by atoms with Crippen molar-refractivity contribution in [3.63, 3.8) is 0 Å². The minimum Gasteiger partial charge on any atom is -0.495 e. The third-order valence-electron chi connectivity index (χ3n) is 3.88. The average molecular weight is 304 g/mol. The zero-order valence-electron chi connectivity index (χ0n) is 12.2. The maximum absolute atomic E-state index is 6.24. The number of benzene rings is 2. The van der Waals surface area contributed by atoms with Crippen molar-refractivity contribution < 1.29 is 9.47 Å². The van der Waals surface area contributed by atoms with Gasteiger partial charge in [-0.25, -0.2) is 0 Å². The molecular weight excluding hydrogens is 286 g/mol. The molecule has 1 atom stereocenters. The first-order chi connectivity index (χ1) is 10.2. The quantitative estimate of drug-likeness (QED) is 0.934. The smallest absolute Gasteiger partial charge is 0.137 e. The van der Waals surface area contributed by atoms with Crippen LogP contribution in [0.3, 0.4) is 0 Å². The molecule has 3 nitrogen and oxygen atoms in total. The summed E-state index contributed by atoms with van der Waals surface area (Å²) in [5.41, 5.74) is 4.87. The second-order valence-corrected chi connectivity index (χ2v) is 5.54. The van der Waals surface area contributed by atoms with Gasteiger partial charge < -0.3 is 14.8 Å². The molecule has 0 aliphatic carbocycles. The van der Waals surface area contributed by atoms with Crippen molar-refractivity contribution in [1.29, 1.82) is 0 Å². The van der Waals surface area contributed by atoms with Gasteiger partial charge in [0.05, 0.1) is 31.4 Å². The maximum atomic E-state index is 6.24. The van der Waals surface area contributed by atoms with E-state index >= 15 is 0 Å². The lowest BCUT2D eigenvalue weighted by molar-refractivity contribution is 0.134. The Hall–Kier alpha value is -1.55. The Labute approximate surface area is 129 Å². The van der Waals surface area contributed by atoms with Gasteiger partial charge in [0, 0.05) is 0 Å². The van der Waals surface area contributed by atoms with Crippen LogP contribution in [-0.2, 0) is 18.0 Å². The van der Waals surface area contributed by atoms with Crippen LogP contribution in [0.15, 0.2) is 36.4 Å². The second kappa shape index (κ2) is 6.06. The van der Waals surface area contributed by atoms with Crippen molar-refractivity contribution in [2.75, 3.05) is 14.2 Å². The summed E-state index contributed by atoms with van der Waals surface area (Å²) in [6, 6.07) is 12.5. The number of hydrogen-bond acceptors (Lipinski definition) is 3. The standard InChI is InChI=1S/C17H18ClNO2/c1-19-17(12-5-6-16(20-2)15(18)8-12)11-3-4-13-9-21-10-14(13)7-11/h3-8,17,19H,9-10H2,1-2H3. The predicted molar refractivity (Wildman–Crippen MR) is 83.8 cm³/mol. The van der Waals surface area contributed by atoms with E-state index in [4.69, 9.17) is 21.1 Å². The van der Waals surface area contributed by atoms with Crippen molar-refractivity contribution >= 4 is 11.6 Å². The normalized spacial score (nSPS) is 14.8. The largest absolute Gasteiger partial charge is 0.495 e. The predicted octanol–water partition coefficient (Wildman–Crippen LogP) is 3.69. The monoisotopic (exact) mass is 303 g/mol. The van der Waals surface area contributed by atoms with Gasteiger partial charge in [-0.2, -0.15) is 0 Å². The van der Waals surface area contributed by atoms with Gasteiger partial charge in [0.25, 0.3) is 0 Å². The molecule has 2 aromatic carbocycles. The zero-order chi connectivity index (χ0) is 14.8. The van der Waals surface area contributed by atoms with Gasteiger partial charge in [0.2, 0.25) is 0 Å². The van der Waals surface area contributed by atoms with Gasteiger partial charge in [0.1, 0.15) is 5.75 Å². The van der Waals surface area contributed by atoms with Gasteiger partial charge in [-0.1, -0.05) is 35.9 Å². The van der Waals surface area contributed by atoms with Crippen molar-refractivity contribution in [1.82, 2.24) is 5.32 Å². The lowest BCUT2D eigenvalue weighted by Crippen LogP contribution is -2.18. The molecule has 0 bridgehead atoms. The fourth-order valence-corrected chi connectivity index (χ4v) is 3.03. The van der Waals surface area contributed by atoms with Crippen LogP contribution in [0, 0.1) is 0 Å². The molecule has 0 saturated heterocycles. The first-order valence-electron chi connectivity index (χ1n) is 6.93. The molecule has 0 amide bonds. The van der Waals surface area contributed by atoms with E-state index in [-0.39, 0.29) is 6.04 Å². The highest BCUT2D eigenvalue weighted by Crippen LogP contribution is 2.31. The van der Waals surface area contributed by atoms with Crippen LogP contribution in [0.2, 0.25) is 5.02 Å². The fraction of sp³-hybridized carbons (Fsp3) is 0.294. The third kappa shape index (κ3) is 2.77. The molecule has 0 fully saturated rings. The molecule has 110 valence electrons. The number of nitrogens with one attached hydrogen (secondary N) is 1. The van der Waals surface area contributed by atoms with E-state index in [1.54, 1.807) is 7.11 Å². The molecule has 1 aliphatic heterocycles. The SMILES string of the molecule is CNC(c1ccc(OC)c(Cl)c1)c1ccc2c(c1)COC2. The summed E-state index contributed by atoms with van der Waals surface area (Å²) in [6.07, 6.45) is 0. The van der Waals surface area contributed by atoms with E-state index in [1.165, 1.54) is 16.7 Å². The van der Waals surface area contributed by atoms with Crippen LogP contribution in [0.5, 0.6) is 5.75 Å². The lowest BCUT2D eigenvalue weighted by atomic mass is 9.96. The summed E-state index contributed by atoms with van der Waals surface area (Å²) in [5.74, 6) is 0.692. The minimum atomic E-state index is 0.0966. The number of hydrogen-bond donors (Lipinski definition) is 1. The van der Waals surface area contributed by atoms with Gasteiger partial charge in [-0.15, -0.1) is 0 Å². The molecule has 0 aromatic heterocycles. The summed E-state index contributed by atoms with van der Waals surface area (Å²) in [4.78, 5) is 0. The van der Waals surface area contributed by atoms with E-state index in [9.17, 15) is 0 Å². The van der Waals surface area contributed by atoms with Crippen LogP contribution in [0.25, 0.3) is 0 Å². The van der Waals surface area contributed by atoms with E-state index < -0.39 is 0 Å². The highest BCUT2D eigenvalue weighted by Gasteiger charge is 2.17. The number of ether oxygens (including phenoxy) is 2. The molecule has 2 aromatic rings. The van der Waals surface area contributed by atoms with Gasteiger partial charge in [-0.05, 0) is 41.4 Å². The molecule has 3 rings (SSSR count). The minimum absolute atomic E-state index is 0.0966. The number of fused-ring (bicyclic) bond motifs is 1. The Bertz CT molecular complexity index is 657. The molecule has 1 unspecified atom stereocenters. The van der Waals surface area contributed by atoms with E-state index in [0.29, 0.717) is 24.0 Å². The Morgan fingerprint density at radius 3 is 2.52 bits per heavy atom. The Balaban J connectivity index is 1.96. The maximum Gasteiger partial charge on any atom is 0.137 e. The highest BCUT2D eigenvalue weighted by molar-refractivity contribution is 6.32. The van der Waals surface area contributed by atoms with Gasteiger partial charge >= 0.3 is 0 Å². The number of rotatable bonds is 4. The molecule has 1 aliphatic rings. The summed E-state index contributed by atoms with van der Waals surface area (Å²) in [5, 5.41) is 3.98. The van der Waals surface area contributed by atoms with Gasteiger partial charge in [-0.3, -0.25) is 0 Å². The van der Waals surface area contributed by atoms with E-state index in [2.05, 4.69) is 23.5 Å². The molecule has 1 N–H and O–H groups in total. The Kier molecular flexibility index (Phi) is 4.15. The lowest BCUT2D eigenvalue weighted by Gasteiger charge is -2.19. The van der Waals surface area contributed by atoms with E-state index in [1.807, 2.05) is 25.2 Å². The Morgan fingerprint density at radius 2 is 1.81 bits per heavy atom. The summed E-state index contributed by atoms with van der Waals surface area (Å²) in [7, 11) is 3.57. The van der Waals surface area contributed by atoms with Crippen molar-refractivity contribution in [3.05, 3.63) is 63.7 Å². The second-order valence-electron chi connectivity index (χ2n) is 5.14.